The molecule has 2 N–H and O–H groups in total. The molecule has 19 heavy (non-hydrogen) atoms. The Balaban J connectivity index is 2.00. The molecule has 1 aliphatic carbocycles. The fraction of sp³-hybridized carbons (Fsp3) is 0.769. The predicted octanol–water partition coefficient (Wildman–Crippen LogP) is 0.531. The van der Waals surface area contributed by atoms with E-state index < -0.39 is 17.5 Å². The van der Waals surface area contributed by atoms with Crippen LogP contribution in [0.5, 0.6) is 0 Å². The number of hydrogen-bond donors (Lipinski definition) is 2. The highest BCUT2D eigenvalue weighted by atomic mass is 16.4. The van der Waals surface area contributed by atoms with Gasteiger partial charge in [-0.05, 0) is 12.8 Å². The Bertz CT molecular complexity index is 400. The smallest absolute Gasteiger partial charge is 0.332 e. The molecule has 1 aliphatic heterocycles. The molecule has 0 bridgehead atoms. The van der Waals surface area contributed by atoms with E-state index >= 15 is 0 Å². The van der Waals surface area contributed by atoms with Crippen LogP contribution in [0.4, 0.5) is 0 Å². The first-order chi connectivity index (χ1) is 8.96. The first kappa shape index (κ1) is 14.0. The van der Waals surface area contributed by atoms with E-state index in [1.54, 1.807) is 0 Å². The van der Waals surface area contributed by atoms with E-state index in [1.165, 1.54) is 0 Å². The molecule has 1 spiro atoms. The maximum absolute atomic E-state index is 12.4. The van der Waals surface area contributed by atoms with E-state index in [4.69, 9.17) is 5.11 Å². The largest absolute Gasteiger partial charge is 0.479 e. The van der Waals surface area contributed by atoms with Gasteiger partial charge in [0.1, 0.15) is 0 Å². The fourth-order valence-corrected chi connectivity index (χ4v) is 3.08. The van der Waals surface area contributed by atoms with Crippen LogP contribution >= 0.6 is 0 Å². The molecule has 2 fully saturated rings. The maximum atomic E-state index is 12.4. The van der Waals surface area contributed by atoms with Crippen LogP contribution in [0.25, 0.3) is 0 Å². The number of carboxylic acid groups (broad SMARTS) is 1. The van der Waals surface area contributed by atoms with Crippen molar-refractivity contribution in [3.05, 3.63) is 0 Å². The molecule has 1 atom stereocenters. The summed E-state index contributed by atoms with van der Waals surface area (Å²) in [6.07, 6.45) is 3.13. The van der Waals surface area contributed by atoms with E-state index in [0.29, 0.717) is 0 Å². The van der Waals surface area contributed by atoms with E-state index in [0.717, 1.165) is 37.0 Å². The molecule has 1 unspecified atom stereocenters. The van der Waals surface area contributed by atoms with Gasteiger partial charge in [0.2, 0.25) is 11.8 Å². The van der Waals surface area contributed by atoms with E-state index in [-0.39, 0.29) is 31.2 Å². The summed E-state index contributed by atoms with van der Waals surface area (Å²) in [7, 11) is 0. The van der Waals surface area contributed by atoms with Crippen LogP contribution in [0, 0.1) is 5.41 Å². The normalized spacial score (nSPS) is 23.9. The van der Waals surface area contributed by atoms with Gasteiger partial charge in [-0.1, -0.05) is 19.3 Å². The number of carbonyl (C=O) groups is 3. The summed E-state index contributed by atoms with van der Waals surface area (Å²) in [4.78, 5) is 35.9. The Morgan fingerprint density at radius 2 is 1.89 bits per heavy atom. The molecule has 0 aromatic rings. The Morgan fingerprint density at radius 1 is 1.26 bits per heavy atom. The Labute approximate surface area is 111 Å². The summed E-state index contributed by atoms with van der Waals surface area (Å²) in [5.41, 5.74) is -0.538. The molecule has 6 heteroatoms. The maximum Gasteiger partial charge on any atom is 0.332 e. The number of rotatable bonds is 4. The molecule has 0 aromatic carbocycles. The van der Waals surface area contributed by atoms with Crippen molar-refractivity contribution in [3.63, 3.8) is 0 Å². The lowest BCUT2D eigenvalue weighted by Gasteiger charge is -2.30. The van der Waals surface area contributed by atoms with Crippen LogP contribution in [0.3, 0.4) is 0 Å². The summed E-state index contributed by atoms with van der Waals surface area (Å²) < 4.78 is 0. The first-order valence-corrected chi connectivity index (χ1v) is 6.72. The topological polar surface area (TPSA) is 94.9 Å². The van der Waals surface area contributed by atoms with Gasteiger partial charge in [0, 0.05) is 19.4 Å². The minimum Gasteiger partial charge on any atom is -0.479 e. The van der Waals surface area contributed by atoms with Crippen molar-refractivity contribution in [3.8, 4) is 0 Å². The van der Waals surface area contributed by atoms with Crippen LogP contribution in [0.2, 0.25) is 0 Å². The highest BCUT2D eigenvalue weighted by Crippen LogP contribution is 2.45. The van der Waals surface area contributed by atoms with Crippen molar-refractivity contribution in [2.45, 2.75) is 51.0 Å². The van der Waals surface area contributed by atoms with Crippen molar-refractivity contribution in [2.24, 2.45) is 5.41 Å². The number of carbonyl (C=O) groups excluding carboxylic acids is 2. The lowest BCUT2D eigenvalue weighted by molar-refractivity contribution is -0.149. The Morgan fingerprint density at radius 3 is 2.47 bits per heavy atom. The van der Waals surface area contributed by atoms with Crippen molar-refractivity contribution >= 4 is 17.8 Å². The summed E-state index contributed by atoms with van der Waals surface area (Å²) in [6, 6.07) is 0. The van der Waals surface area contributed by atoms with Crippen LogP contribution in [0.1, 0.15) is 44.9 Å². The van der Waals surface area contributed by atoms with E-state index in [9.17, 15) is 19.5 Å². The number of amides is 2. The van der Waals surface area contributed by atoms with Crippen LogP contribution in [0.15, 0.2) is 0 Å². The molecule has 2 rings (SSSR count). The van der Waals surface area contributed by atoms with Crippen LogP contribution in [-0.4, -0.2) is 45.5 Å². The Kier molecular flexibility index (Phi) is 3.89. The molecular formula is C13H19NO5. The SMILES string of the molecule is O=C(O)C(O)CCN1C(=O)CC2(CCCCC2)C1=O. The van der Waals surface area contributed by atoms with Crippen LogP contribution < -0.4 is 0 Å². The molecule has 0 aromatic heterocycles. The number of carboxylic acids is 1. The average molecular weight is 269 g/mol. The molecule has 1 saturated carbocycles. The molecule has 106 valence electrons. The second kappa shape index (κ2) is 5.28. The highest BCUT2D eigenvalue weighted by Gasteiger charge is 2.51. The molecule has 1 saturated heterocycles. The minimum absolute atomic E-state index is 0.00706. The van der Waals surface area contributed by atoms with Crippen LogP contribution in [-0.2, 0) is 14.4 Å². The summed E-state index contributed by atoms with van der Waals surface area (Å²) in [5.74, 6) is -1.73. The highest BCUT2D eigenvalue weighted by molar-refractivity contribution is 6.05. The lowest BCUT2D eigenvalue weighted by Crippen LogP contribution is -2.39. The van der Waals surface area contributed by atoms with Gasteiger partial charge in [0.05, 0.1) is 5.41 Å². The van der Waals surface area contributed by atoms with E-state index in [2.05, 4.69) is 0 Å². The third kappa shape index (κ3) is 2.63. The minimum atomic E-state index is -1.52. The monoisotopic (exact) mass is 269 g/mol. The molecule has 6 nitrogen and oxygen atoms in total. The van der Waals surface area contributed by atoms with E-state index in [1.807, 2.05) is 0 Å². The number of aliphatic carboxylic acids is 1. The van der Waals surface area contributed by atoms with Gasteiger partial charge in [-0.2, -0.15) is 0 Å². The van der Waals surface area contributed by atoms with Crippen molar-refractivity contribution in [1.29, 1.82) is 0 Å². The van der Waals surface area contributed by atoms with Gasteiger partial charge in [0.15, 0.2) is 6.10 Å². The lowest BCUT2D eigenvalue weighted by atomic mass is 9.73. The van der Waals surface area contributed by atoms with Crippen molar-refractivity contribution < 1.29 is 24.6 Å². The number of nitrogens with zero attached hydrogens (tertiary/aromatic N) is 1. The van der Waals surface area contributed by atoms with Crippen molar-refractivity contribution in [2.75, 3.05) is 6.54 Å². The standard InChI is InChI=1S/C13H19NO5/c15-9(11(17)18)4-7-14-10(16)8-13(12(14)19)5-2-1-3-6-13/h9,15H,1-8H2,(H,17,18). The zero-order valence-corrected chi connectivity index (χ0v) is 10.8. The second-order valence-electron chi connectivity index (χ2n) is 5.51. The second-order valence-corrected chi connectivity index (χ2v) is 5.51. The number of hydrogen-bond acceptors (Lipinski definition) is 4. The van der Waals surface area contributed by atoms with Gasteiger partial charge in [-0.3, -0.25) is 14.5 Å². The number of likely N-dealkylation sites (tertiary alicyclic amines) is 1. The summed E-state index contributed by atoms with van der Waals surface area (Å²) >= 11 is 0. The quantitative estimate of drug-likeness (QED) is 0.726. The third-order valence-electron chi connectivity index (χ3n) is 4.21. The fourth-order valence-electron chi connectivity index (χ4n) is 3.08. The van der Waals surface area contributed by atoms with Gasteiger partial charge in [0.25, 0.3) is 0 Å². The summed E-state index contributed by atoms with van der Waals surface area (Å²) in [5, 5.41) is 17.8. The molecule has 1 heterocycles. The molecule has 2 aliphatic rings. The van der Waals surface area contributed by atoms with Gasteiger partial charge in [-0.15, -0.1) is 0 Å². The van der Waals surface area contributed by atoms with Crippen molar-refractivity contribution in [1.82, 2.24) is 4.90 Å². The molecular weight excluding hydrogens is 250 g/mol. The van der Waals surface area contributed by atoms with Gasteiger partial charge in [-0.25, -0.2) is 4.79 Å². The zero-order chi connectivity index (χ0) is 14.0. The number of aliphatic hydroxyl groups is 1. The summed E-state index contributed by atoms with van der Waals surface area (Å²) in [6.45, 7) is -0.00706. The van der Waals surface area contributed by atoms with Gasteiger partial charge >= 0.3 is 5.97 Å². The number of aliphatic hydroxyl groups excluding tert-OH is 1. The Hall–Kier alpha value is -1.43. The first-order valence-electron chi connectivity index (χ1n) is 6.72. The zero-order valence-electron chi connectivity index (χ0n) is 10.8. The van der Waals surface area contributed by atoms with Gasteiger partial charge < -0.3 is 10.2 Å². The molecule has 2 amide bonds. The number of imide groups is 1. The average Bonchev–Trinajstić information content (AvgIpc) is 2.59. The predicted molar refractivity (Wildman–Crippen MR) is 65.1 cm³/mol. The molecule has 0 radical (unpaired) electrons. The third-order valence-corrected chi connectivity index (χ3v) is 4.21.